The molecule has 0 radical (unpaired) electrons. The molecule has 0 saturated heterocycles. The lowest BCUT2D eigenvalue weighted by Crippen LogP contribution is -2.05. The lowest BCUT2D eigenvalue weighted by Gasteiger charge is -2.09. The number of aryl methyl sites for hydroxylation is 2. The first-order valence-corrected chi connectivity index (χ1v) is 9.35. The first-order valence-electron chi connectivity index (χ1n) is 8.53. The van der Waals surface area contributed by atoms with Gasteiger partial charge in [0.25, 0.3) is 0 Å². The van der Waals surface area contributed by atoms with Gasteiger partial charge in [0.1, 0.15) is 11.6 Å². The van der Waals surface area contributed by atoms with E-state index in [-0.39, 0.29) is 0 Å². The number of aromatic nitrogens is 4. The van der Waals surface area contributed by atoms with Gasteiger partial charge in [-0.15, -0.1) is 11.3 Å². The fraction of sp³-hybridized carbons (Fsp3) is 0.368. The van der Waals surface area contributed by atoms with Crippen molar-refractivity contribution in [1.82, 2.24) is 19.9 Å². The van der Waals surface area contributed by atoms with Gasteiger partial charge in [0.15, 0.2) is 0 Å². The Labute approximate surface area is 156 Å². The molecule has 7 heteroatoms. The Kier molecular flexibility index (Phi) is 4.55. The minimum Gasteiger partial charge on any atom is -0.495 e. The summed E-state index contributed by atoms with van der Waals surface area (Å²) in [6.45, 7) is 4.48. The largest absolute Gasteiger partial charge is 0.495 e. The highest BCUT2D eigenvalue weighted by molar-refractivity contribution is 7.15. The Morgan fingerprint density at radius 3 is 2.69 bits per heavy atom. The van der Waals surface area contributed by atoms with Crippen LogP contribution in [0, 0.1) is 19.8 Å². The third kappa shape index (κ3) is 3.53. The molecule has 3 aromatic rings. The molecular formula is C19H20N4O2S. The molecule has 134 valence electrons. The summed E-state index contributed by atoms with van der Waals surface area (Å²) in [5.74, 6) is 3.02. The second kappa shape index (κ2) is 6.99. The first kappa shape index (κ1) is 16.9. The normalized spacial score (nSPS) is 18.6. The smallest absolute Gasteiger partial charge is 0.225 e. The molecule has 3 aromatic heterocycles. The highest BCUT2D eigenvalue weighted by Crippen LogP contribution is 2.47. The average molecular weight is 368 g/mol. The number of nitrogens with zero attached hydrogens (tertiary/aromatic N) is 4. The summed E-state index contributed by atoms with van der Waals surface area (Å²) in [5.41, 5.74) is 2.00. The first-order chi connectivity index (χ1) is 12.6. The molecule has 4 rings (SSSR count). The van der Waals surface area contributed by atoms with Gasteiger partial charge in [-0.05, 0) is 32.4 Å². The summed E-state index contributed by atoms with van der Waals surface area (Å²) in [6.07, 6.45) is 6.52. The van der Waals surface area contributed by atoms with E-state index in [0.29, 0.717) is 30.1 Å². The van der Waals surface area contributed by atoms with Crippen LogP contribution >= 0.6 is 11.3 Å². The molecule has 0 aromatic carbocycles. The van der Waals surface area contributed by atoms with Crippen LogP contribution in [0.4, 0.5) is 0 Å². The number of hydrogen-bond donors (Lipinski definition) is 0. The Hall–Kier alpha value is -2.54. The number of methoxy groups -OCH3 is 1. The molecule has 6 nitrogen and oxygen atoms in total. The van der Waals surface area contributed by atoms with Gasteiger partial charge >= 0.3 is 0 Å². The molecule has 2 atom stereocenters. The standard InChI is InChI=1S/C19H20N4O2S/c1-11-20-8-16(18-9-21-12(2)26-18)19(23-11)25-10-13-6-15(13)17-5-4-14(24-3)7-22-17/h4-5,7-9,13,15H,6,10H2,1-3H3/t13-,15?/m1/s1. The van der Waals surface area contributed by atoms with Crippen LogP contribution < -0.4 is 9.47 Å². The predicted molar refractivity (Wildman–Crippen MR) is 99.7 cm³/mol. The Bertz CT molecular complexity index is 910. The minimum atomic E-state index is 0.443. The molecule has 0 bridgehead atoms. The van der Waals surface area contributed by atoms with Crippen LogP contribution in [0.25, 0.3) is 10.4 Å². The van der Waals surface area contributed by atoms with Crippen LogP contribution in [-0.4, -0.2) is 33.7 Å². The van der Waals surface area contributed by atoms with Gasteiger partial charge in [-0.2, -0.15) is 4.98 Å². The van der Waals surface area contributed by atoms with Gasteiger partial charge < -0.3 is 9.47 Å². The zero-order chi connectivity index (χ0) is 18.1. The third-order valence-corrected chi connectivity index (χ3v) is 5.44. The van der Waals surface area contributed by atoms with E-state index in [4.69, 9.17) is 9.47 Å². The van der Waals surface area contributed by atoms with Crippen LogP contribution in [0.1, 0.15) is 28.9 Å². The average Bonchev–Trinajstić information content (AvgIpc) is 3.31. The zero-order valence-corrected chi connectivity index (χ0v) is 15.8. The topological polar surface area (TPSA) is 70.0 Å². The fourth-order valence-electron chi connectivity index (χ4n) is 2.93. The van der Waals surface area contributed by atoms with Crippen molar-refractivity contribution < 1.29 is 9.47 Å². The van der Waals surface area contributed by atoms with Crippen LogP contribution in [0.5, 0.6) is 11.6 Å². The van der Waals surface area contributed by atoms with Crippen molar-refractivity contribution in [3.8, 4) is 22.1 Å². The van der Waals surface area contributed by atoms with E-state index in [2.05, 4.69) is 19.9 Å². The third-order valence-electron chi connectivity index (χ3n) is 4.49. The second-order valence-corrected chi connectivity index (χ2v) is 7.65. The molecule has 0 amide bonds. The lowest BCUT2D eigenvalue weighted by molar-refractivity contribution is 0.285. The maximum absolute atomic E-state index is 6.08. The maximum Gasteiger partial charge on any atom is 0.225 e. The minimum absolute atomic E-state index is 0.443. The van der Waals surface area contributed by atoms with Crippen LogP contribution in [0.2, 0.25) is 0 Å². The van der Waals surface area contributed by atoms with Crippen LogP contribution in [0.3, 0.4) is 0 Å². The van der Waals surface area contributed by atoms with Crippen LogP contribution in [0.15, 0.2) is 30.7 Å². The zero-order valence-electron chi connectivity index (χ0n) is 15.0. The van der Waals surface area contributed by atoms with E-state index in [9.17, 15) is 0 Å². The summed E-state index contributed by atoms with van der Waals surface area (Å²) < 4.78 is 11.2. The van der Waals surface area contributed by atoms with E-state index in [1.54, 1.807) is 24.6 Å². The van der Waals surface area contributed by atoms with Gasteiger partial charge in [0.05, 0.1) is 35.4 Å². The number of rotatable bonds is 6. The molecule has 3 heterocycles. The van der Waals surface area contributed by atoms with Crippen molar-refractivity contribution in [2.24, 2.45) is 5.92 Å². The van der Waals surface area contributed by atoms with Crippen molar-refractivity contribution in [3.05, 3.63) is 47.2 Å². The number of thiazole rings is 1. The Morgan fingerprint density at radius 1 is 1.12 bits per heavy atom. The maximum atomic E-state index is 6.08. The quantitative estimate of drug-likeness (QED) is 0.659. The van der Waals surface area contributed by atoms with Gasteiger partial charge in [-0.1, -0.05) is 0 Å². The molecule has 0 aliphatic heterocycles. The predicted octanol–water partition coefficient (Wildman–Crippen LogP) is 3.80. The van der Waals surface area contributed by atoms with Gasteiger partial charge in [-0.3, -0.25) is 4.98 Å². The van der Waals surface area contributed by atoms with Crippen LogP contribution in [-0.2, 0) is 0 Å². The van der Waals surface area contributed by atoms with E-state index < -0.39 is 0 Å². The number of pyridine rings is 1. The van der Waals surface area contributed by atoms with E-state index in [0.717, 1.165) is 33.3 Å². The van der Waals surface area contributed by atoms with Crippen molar-refractivity contribution in [2.75, 3.05) is 13.7 Å². The van der Waals surface area contributed by atoms with E-state index >= 15 is 0 Å². The molecule has 1 unspecified atom stereocenters. The van der Waals surface area contributed by atoms with Gasteiger partial charge in [-0.25, -0.2) is 9.97 Å². The van der Waals surface area contributed by atoms with Crippen molar-refractivity contribution in [2.45, 2.75) is 26.2 Å². The Morgan fingerprint density at radius 2 is 2.00 bits per heavy atom. The highest BCUT2D eigenvalue weighted by Gasteiger charge is 2.40. The summed E-state index contributed by atoms with van der Waals surface area (Å²) in [6, 6.07) is 3.99. The SMILES string of the molecule is COc1ccc(C2C[C@@H]2COc2nc(C)ncc2-c2cnc(C)s2)nc1. The molecule has 1 aliphatic carbocycles. The monoisotopic (exact) mass is 368 g/mol. The molecule has 1 aliphatic rings. The molecular weight excluding hydrogens is 348 g/mol. The summed E-state index contributed by atoms with van der Waals surface area (Å²) in [4.78, 5) is 18.6. The van der Waals surface area contributed by atoms with Gasteiger partial charge in [0, 0.05) is 29.9 Å². The van der Waals surface area contributed by atoms with Crippen molar-refractivity contribution in [1.29, 1.82) is 0 Å². The van der Waals surface area contributed by atoms with Crippen molar-refractivity contribution in [3.63, 3.8) is 0 Å². The van der Waals surface area contributed by atoms with Crippen molar-refractivity contribution >= 4 is 11.3 Å². The highest BCUT2D eigenvalue weighted by atomic mass is 32.1. The number of ether oxygens (including phenoxy) is 2. The summed E-state index contributed by atoms with van der Waals surface area (Å²) in [7, 11) is 1.65. The lowest BCUT2D eigenvalue weighted by atomic mass is 10.2. The molecule has 1 fully saturated rings. The Balaban J connectivity index is 1.44. The number of hydrogen-bond acceptors (Lipinski definition) is 7. The fourth-order valence-corrected chi connectivity index (χ4v) is 3.71. The van der Waals surface area contributed by atoms with E-state index in [1.165, 1.54) is 0 Å². The summed E-state index contributed by atoms with van der Waals surface area (Å²) in [5, 5.41) is 1.01. The summed E-state index contributed by atoms with van der Waals surface area (Å²) >= 11 is 1.62. The molecule has 26 heavy (non-hydrogen) atoms. The van der Waals surface area contributed by atoms with Gasteiger partial charge in [0.2, 0.25) is 5.88 Å². The van der Waals surface area contributed by atoms with E-state index in [1.807, 2.05) is 38.4 Å². The molecule has 0 N–H and O–H groups in total. The molecule has 0 spiro atoms. The molecule has 1 saturated carbocycles. The second-order valence-electron chi connectivity index (χ2n) is 6.42.